The summed E-state index contributed by atoms with van der Waals surface area (Å²) in [7, 11) is 0. The minimum atomic E-state index is 0.238. The molecular formula is C13H19NO. The molecule has 82 valence electrons. The second-order valence-electron chi connectivity index (χ2n) is 4.41. The van der Waals surface area contributed by atoms with E-state index in [1.165, 1.54) is 23.2 Å². The molecule has 0 radical (unpaired) electrons. The number of β-amino-alcohol motifs (C(OH)–C–C–N with tert-alkyl or cyclic N) is 1. The number of benzene rings is 1. The Morgan fingerprint density at radius 3 is 3.00 bits per heavy atom. The van der Waals surface area contributed by atoms with Gasteiger partial charge in [0.2, 0.25) is 0 Å². The predicted molar refractivity (Wildman–Crippen MR) is 63.5 cm³/mol. The van der Waals surface area contributed by atoms with Crippen LogP contribution >= 0.6 is 0 Å². The maximum atomic E-state index is 9.06. The number of para-hydroxylation sites is 1. The first-order valence-electron chi connectivity index (χ1n) is 5.69. The smallest absolute Gasteiger partial charge is 0.0606 e. The molecule has 0 saturated carbocycles. The molecule has 1 N–H and O–H groups in total. The van der Waals surface area contributed by atoms with Gasteiger partial charge in [0.25, 0.3) is 0 Å². The normalized spacial score (nSPS) is 20.2. The summed E-state index contributed by atoms with van der Waals surface area (Å²) in [5, 5.41) is 9.06. The molecule has 1 aliphatic rings. The Labute approximate surface area is 91.5 Å². The fraction of sp³-hybridized carbons (Fsp3) is 0.538. The van der Waals surface area contributed by atoms with Crippen LogP contribution in [0.25, 0.3) is 0 Å². The van der Waals surface area contributed by atoms with Gasteiger partial charge in [-0.3, -0.25) is 0 Å². The number of anilines is 1. The number of rotatable bonds is 2. The zero-order valence-corrected chi connectivity index (χ0v) is 9.53. The number of hydrogen-bond acceptors (Lipinski definition) is 2. The number of fused-ring (bicyclic) bond motifs is 1. The number of aryl methyl sites for hydroxylation is 1. The molecule has 2 heteroatoms. The van der Waals surface area contributed by atoms with E-state index in [2.05, 4.69) is 36.9 Å². The summed E-state index contributed by atoms with van der Waals surface area (Å²) in [4.78, 5) is 2.31. The fourth-order valence-electron chi connectivity index (χ4n) is 2.47. The lowest BCUT2D eigenvalue weighted by Crippen LogP contribution is -2.33. The minimum Gasteiger partial charge on any atom is -0.395 e. The highest BCUT2D eigenvalue weighted by molar-refractivity contribution is 5.62. The summed E-state index contributed by atoms with van der Waals surface area (Å²) < 4.78 is 0. The molecule has 2 nitrogen and oxygen atoms in total. The monoisotopic (exact) mass is 205 g/mol. The van der Waals surface area contributed by atoms with Gasteiger partial charge in [-0.05, 0) is 30.4 Å². The molecule has 0 aliphatic carbocycles. The van der Waals surface area contributed by atoms with Crippen molar-refractivity contribution >= 4 is 5.69 Å². The Morgan fingerprint density at radius 1 is 1.47 bits per heavy atom. The summed E-state index contributed by atoms with van der Waals surface area (Å²) in [5.41, 5.74) is 4.12. The average Bonchev–Trinajstić information content (AvgIpc) is 2.23. The van der Waals surface area contributed by atoms with Crippen molar-refractivity contribution in [3.05, 3.63) is 29.3 Å². The molecule has 0 aromatic heterocycles. The third kappa shape index (κ3) is 1.86. The average molecular weight is 205 g/mol. The fourth-order valence-corrected chi connectivity index (χ4v) is 2.47. The third-order valence-electron chi connectivity index (χ3n) is 3.32. The maximum absolute atomic E-state index is 9.06. The van der Waals surface area contributed by atoms with E-state index in [1.54, 1.807) is 0 Å². The molecule has 0 spiro atoms. The van der Waals surface area contributed by atoms with Gasteiger partial charge in [-0.15, -0.1) is 0 Å². The van der Waals surface area contributed by atoms with E-state index in [0.29, 0.717) is 5.92 Å². The van der Waals surface area contributed by atoms with Crippen molar-refractivity contribution in [1.29, 1.82) is 0 Å². The Hall–Kier alpha value is -1.02. The third-order valence-corrected chi connectivity index (χ3v) is 3.32. The first-order valence-corrected chi connectivity index (χ1v) is 5.69. The van der Waals surface area contributed by atoms with Gasteiger partial charge in [0.05, 0.1) is 6.61 Å². The van der Waals surface area contributed by atoms with Crippen LogP contribution in [-0.2, 0) is 0 Å². The molecule has 1 aliphatic heterocycles. The Morgan fingerprint density at radius 2 is 2.27 bits per heavy atom. The quantitative estimate of drug-likeness (QED) is 0.801. The molecule has 15 heavy (non-hydrogen) atoms. The molecule has 1 aromatic rings. The molecule has 0 bridgehead atoms. The Kier molecular flexibility index (Phi) is 2.96. The van der Waals surface area contributed by atoms with Crippen LogP contribution in [0.15, 0.2) is 18.2 Å². The van der Waals surface area contributed by atoms with Crippen LogP contribution in [0.4, 0.5) is 5.69 Å². The van der Waals surface area contributed by atoms with Gasteiger partial charge in [0.1, 0.15) is 0 Å². The number of aliphatic hydroxyl groups is 1. The van der Waals surface area contributed by atoms with Crippen molar-refractivity contribution in [2.45, 2.75) is 26.2 Å². The zero-order valence-electron chi connectivity index (χ0n) is 9.53. The topological polar surface area (TPSA) is 23.5 Å². The van der Waals surface area contributed by atoms with Gasteiger partial charge in [-0.1, -0.05) is 25.1 Å². The van der Waals surface area contributed by atoms with Crippen molar-refractivity contribution in [2.24, 2.45) is 0 Å². The summed E-state index contributed by atoms with van der Waals surface area (Å²) in [5.74, 6) is 0.648. The van der Waals surface area contributed by atoms with Gasteiger partial charge >= 0.3 is 0 Å². The molecule has 0 amide bonds. The van der Waals surface area contributed by atoms with Gasteiger partial charge in [0, 0.05) is 18.8 Å². The van der Waals surface area contributed by atoms with Crippen LogP contribution in [0, 0.1) is 6.92 Å². The Balaban J connectivity index is 2.42. The summed E-state index contributed by atoms with van der Waals surface area (Å²) >= 11 is 0. The minimum absolute atomic E-state index is 0.238. The lowest BCUT2D eigenvalue weighted by atomic mass is 9.89. The molecule has 2 rings (SSSR count). The maximum Gasteiger partial charge on any atom is 0.0606 e. The molecule has 0 saturated heterocycles. The first kappa shape index (κ1) is 10.5. The molecule has 1 unspecified atom stereocenters. The number of nitrogens with zero attached hydrogens (tertiary/aromatic N) is 1. The summed E-state index contributed by atoms with van der Waals surface area (Å²) in [6.07, 6.45) is 1.19. The van der Waals surface area contributed by atoms with Gasteiger partial charge < -0.3 is 10.0 Å². The molecule has 0 fully saturated rings. The highest BCUT2D eigenvalue weighted by Gasteiger charge is 2.22. The first-order chi connectivity index (χ1) is 7.24. The lowest BCUT2D eigenvalue weighted by Gasteiger charge is -2.35. The second kappa shape index (κ2) is 4.23. The van der Waals surface area contributed by atoms with E-state index >= 15 is 0 Å². The van der Waals surface area contributed by atoms with Gasteiger partial charge in [0.15, 0.2) is 0 Å². The zero-order chi connectivity index (χ0) is 10.8. The van der Waals surface area contributed by atoms with Crippen molar-refractivity contribution in [2.75, 3.05) is 24.6 Å². The van der Waals surface area contributed by atoms with Crippen LogP contribution in [-0.4, -0.2) is 24.8 Å². The molecular weight excluding hydrogens is 186 g/mol. The summed E-state index contributed by atoms with van der Waals surface area (Å²) in [6.45, 7) is 6.50. The van der Waals surface area contributed by atoms with E-state index in [9.17, 15) is 0 Å². The van der Waals surface area contributed by atoms with E-state index in [-0.39, 0.29) is 6.61 Å². The van der Waals surface area contributed by atoms with E-state index < -0.39 is 0 Å². The van der Waals surface area contributed by atoms with Crippen LogP contribution < -0.4 is 4.90 Å². The van der Waals surface area contributed by atoms with Crippen LogP contribution in [0.5, 0.6) is 0 Å². The number of hydrogen-bond donors (Lipinski definition) is 1. The Bertz CT molecular complexity index is 348. The second-order valence-corrected chi connectivity index (χ2v) is 4.41. The predicted octanol–water partition coefficient (Wildman–Crippen LogP) is 2.30. The highest BCUT2D eigenvalue weighted by Crippen LogP contribution is 2.36. The van der Waals surface area contributed by atoms with Crippen molar-refractivity contribution < 1.29 is 5.11 Å². The van der Waals surface area contributed by atoms with Crippen molar-refractivity contribution in [1.82, 2.24) is 0 Å². The standard InChI is InChI=1S/C13H19NO/c1-10-6-7-14(8-9-15)13-11(2)4-3-5-12(10)13/h3-5,10,15H,6-9H2,1-2H3. The highest BCUT2D eigenvalue weighted by atomic mass is 16.3. The molecule has 1 atom stereocenters. The van der Waals surface area contributed by atoms with E-state index in [0.717, 1.165) is 13.1 Å². The lowest BCUT2D eigenvalue weighted by molar-refractivity contribution is 0.300. The van der Waals surface area contributed by atoms with Crippen molar-refractivity contribution in [3.63, 3.8) is 0 Å². The van der Waals surface area contributed by atoms with Crippen LogP contribution in [0.1, 0.15) is 30.4 Å². The SMILES string of the molecule is Cc1cccc2c1N(CCO)CCC2C. The molecule has 1 heterocycles. The van der Waals surface area contributed by atoms with Gasteiger partial charge in [-0.25, -0.2) is 0 Å². The number of aliphatic hydroxyl groups excluding tert-OH is 1. The van der Waals surface area contributed by atoms with Crippen molar-refractivity contribution in [3.8, 4) is 0 Å². The molecule has 1 aromatic carbocycles. The largest absolute Gasteiger partial charge is 0.395 e. The van der Waals surface area contributed by atoms with E-state index in [4.69, 9.17) is 5.11 Å². The van der Waals surface area contributed by atoms with Crippen LogP contribution in [0.3, 0.4) is 0 Å². The van der Waals surface area contributed by atoms with E-state index in [1.807, 2.05) is 0 Å². The summed E-state index contributed by atoms with van der Waals surface area (Å²) in [6, 6.07) is 6.50. The van der Waals surface area contributed by atoms with Crippen LogP contribution in [0.2, 0.25) is 0 Å². The van der Waals surface area contributed by atoms with Gasteiger partial charge in [-0.2, -0.15) is 0 Å².